The Morgan fingerprint density at radius 1 is 1.00 bits per heavy atom. The van der Waals surface area contributed by atoms with Crippen molar-refractivity contribution < 1.29 is 0 Å². The van der Waals surface area contributed by atoms with Gasteiger partial charge in [-0.25, -0.2) is 0 Å². The SMILES string of the molecule is Cc1ccc(C2(C3C=Cc4ccccc43)CCCCC2)s1. The van der Waals surface area contributed by atoms with Gasteiger partial charge in [0, 0.05) is 21.1 Å². The Morgan fingerprint density at radius 3 is 2.57 bits per heavy atom. The largest absolute Gasteiger partial charge is 0.145 e. The van der Waals surface area contributed by atoms with E-state index in [9.17, 15) is 0 Å². The number of benzene rings is 1. The van der Waals surface area contributed by atoms with E-state index in [-0.39, 0.29) is 0 Å². The van der Waals surface area contributed by atoms with Gasteiger partial charge in [-0.1, -0.05) is 55.7 Å². The summed E-state index contributed by atoms with van der Waals surface area (Å²) in [6.45, 7) is 2.24. The molecule has 0 bridgehead atoms. The average molecular weight is 294 g/mol. The molecule has 1 unspecified atom stereocenters. The predicted octanol–water partition coefficient (Wildman–Crippen LogP) is 6.07. The Morgan fingerprint density at radius 2 is 1.81 bits per heavy atom. The Balaban J connectivity index is 1.83. The molecule has 0 amide bonds. The van der Waals surface area contributed by atoms with Gasteiger partial charge in [-0.3, -0.25) is 0 Å². The van der Waals surface area contributed by atoms with Gasteiger partial charge in [0.15, 0.2) is 0 Å². The third-order valence-electron chi connectivity index (χ3n) is 5.37. The molecule has 1 atom stereocenters. The summed E-state index contributed by atoms with van der Waals surface area (Å²) in [5, 5.41) is 0. The highest BCUT2D eigenvalue weighted by atomic mass is 32.1. The van der Waals surface area contributed by atoms with Crippen molar-refractivity contribution in [1.82, 2.24) is 0 Å². The van der Waals surface area contributed by atoms with Crippen LogP contribution < -0.4 is 0 Å². The van der Waals surface area contributed by atoms with Crippen LogP contribution in [0.25, 0.3) is 6.08 Å². The first kappa shape index (κ1) is 13.3. The quantitative estimate of drug-likeness (QED) is 0.630. The normalized spacial score (nSPS) is 23.2. The molecule has 108 valence electrons. The fourth-order valence-electron chi connectivity index (χ4n) is 4.33. The lowest BCUT2D eigenvalue weighted by atomic mass is 9.63. The molecule has 0 radical (unpaired) electrons. The van der Waals surface area contributed by atoms with E-state index in [4.69, 9.17) is 0 Å². The third-order valence-corrected chi connectivity index (χ3v) is 6.59. The summed E-state index contributed by atoms with van der Waals surface area (Å²) in [6, 6.07) is 13.7. The topological polar surface area (TPSA) is 0 Å². The zero-order valence-electron chi connectivity index (χ0n) is 12.6. The van der Waals surface area contributed by atoms with Gasteiger partial charge in [-0.2, -0.15) is 0 Å². The molecule has 1 aromatic carbocycles. The number of hydrogen-bond donors (Lipinski definition) is 0. The molecular formula is C20H22S. The molecule has 2 aliphatic rings. The van der Waals surface area contributed by atoms with E-state index in [1.165, 1.54) is 42.5 Å². The second-order valence-electron chi connectivity index (χ2n) is 6.59. The minimum atomic E-state index is 0.348. The monoisotopic (exact) mass is 294 g/mol. The van der Waals surface area contributed by atoms with Crippen LogP contribution in [-0.2, 0) is 5.41 Å². The highest BCUT2D eigenvalue weighted by molar-refractivity contribution is 7.12. The van der Waals surface area contributed by atoms with Crippen LogP contribution in [0.15, 0.2) is 42.5 Å². The molecule has 4 rings (SSSR count). The maximum atomic E-state index is 2.48. The van der Waals surface area contributed by atoms with Crippen LogP contribution in [0.4, 0.5) is 0 Å². The lowest BCUT2D eigenvalue weighted by Gasteiger charge is -2.41. The van der Waals surface area contributed by atoms with Crippen molar-refractivity contribution in [3.05, 3.63) is 63.4 Å². The highest BCUT2D eigenvalue weighted by Gasteiger charge is 2.43. The lowest BCUT2D eigenvalue weighted by Crippen LogP contribution is -2.34. The summed E-state index contributed by atoms with van der Waals surface area (Å²) in [5.41, 5.74) is 3.33. The van der Waals surface area contributed by atoms with Gasteiger partial charge in [0.2, 0.25) is 0 Å². The second kappa shape index (κ2) is 5.14. The maximum absolute atomic E-state index is 2.48. The first-order valence-corrected chi connectivity index (χ1v) is 8.95. The Kier molecular flexibility index (Phi) is 3.26. The van der Waals surface area contributed by atoms with Crippen molar-refractivity contribution in [1.29, 1.82) is 0 Å². The molecular weight excluding hydrogens is 272 g/mol. The van der Waals surface area contributed by atoms with Gasteiger partial charge in [0.05, 0.1) is 0 Å². The summed E-state index contributed by atoms with van der Waals surface area (Å²) >= 11 is 2.02. The Hall–Kier alpha value is -1.34. The lowest BCUT2D eigenvalue weighted by molar-refractivity contribution is 0.273. The number of aryl methyl sites for hydroxylation is 1. The van der Waals surface area contributed by atoms with Crippen molar-refractivity contribution in [3.63, 3.8) is 0 Å². The number of rotatable bonds is 2. The predicted molar refractivity (Wildman–Crippen MR) is 92.0 cm³/mol. The van der Waals surface area contributed by atoms with Crippen molar-refractivity contribution in [2.24, 2.45) is 0 Å². The minimum absolute atomic E-state index is 0.348. The molecule has 0 N–H and O–H groups in total. The van der Waals surface area contributed by atoms with E-state index in [0.29, 0.717) is 11.3 Å². The molecule has 0 nitrogen and oxygen atoms in total. The zero-order valence-corrected chi connectivity index (χ0v) is 13.5. The van der Waals surface area contributed by atoms with Crippen LogP contribution in [0.3, 0.4) is 0 Å². The molecule has 1 aromatic heterocycles. The van der Waals surface area contributed by atoms with Gasteiger partial charge in [-0.15, -0.1) is 11.3 Å². The number of hydrogen-bond acceptors (Lipinski definition) is 1. The second-order valence-corrected chi connectivity index (χ2v) is 7.88. The maximum Gasteiger partial charge on any atom is 0.0151 e. The van der Waals surface area contributed by atoms with Gasteiger partial charge >= 0.3 is 0 Å². The molecule has 1 heterocycles. The van der Waals surface area contributed by atoms with Gasteiger partial charge in [0.1, 0.15) is 0 Å². The summed E-state index contributed by atoms with van der Waals surface area (Å²) in [4.78, 5) is 3.07. The van der Waals surface area contributed by atoms with E-state index in [2.05, 4.69) is 55.5 Å². The number of allylic oxidation sites excluding steroid dienone is 1. The molecule has 2 aliphatic carbocycles. The molecule has 2 aromatic rings. The molecule has 21 heavy (non-hydrogen) atoms. The van der Waals surface area contributed by atoms with Gasteiger partial charge in [-0.05, 0) is 43.0 Å². The fraction of sp³-hybridized carbons (Fsp3) is 0.400. The molecule has 0 aliphatic heterocycles. The number of fused-ring (bicyclic) bond motifs is 1. The van der Waals surface area contributed by atoms with Crippen molar-refractivity contribution in [2.75, 3.05) is 0 Å². The van der Waals surface area contributed by atoms with Crippen LogP contribution in [0.2, 0.25) is 0 Å². The molecule has 1 heteroatoms. The third kappa shape index (κ3) is 2.10. The standard InChI is InChI=1S/C20H22S/c1-15-9-12-19(21-15)20(13-5-2-6-14-20)18-11-10-16-7-3-4-8-17(16)18/h3-4,7-12,18H,2,5-6,13-14H2,1H3. The van der Waals surface area contributed by atoms with Crippen molar-refractivity contribution in [3.8, 4) is 0 Å². The Bertz CT molecular complexity index is 671. The minimum Gasteiger partial charge on any atom is -0.145 e. The smallest absolute Gasteiger partial charge is 0.0151 e. The van der Waals surface area contributed by atoms with E-state index in [1.54, 1.807) is 10.4 Å². The molecule has 0 spiro atoms. The van der Waals surface area contributed by atoms with Crippen LogP contribution in [-0.4, -0.2) is 0 Å². The van der Waals surface area contributed by atoms with Gasteiger partial charge < -0.3 is 0 Å². The zero-order chi connectivity index (χ0) is 14.3. The number of thiophene rings is 1. The van der Waals surface area contributed by atoms with E-state index in [1.807, 2.05) is 11.3 Å². The van der Waals surface area contributed by atoms with E-state index < -0.39 is 0 Å². The van der Waals surface area contributed by atoms with E-state index >= 15 is 0 Å². The summed E-state index contributed by atoms with van der Waals surface area (Å²) in [6.07, 6.45) is 11.7. The summed E-state index contributed by atoms with van der Waals surface area (Å²) in [5.74, 6) is 0.576. The van der Waals surface area contributed by atoms with Crippen LogP contribution in [0.1, 0.15) is 58.9 Å². The Labute approximate surface area is 131 Å². The first-order chi connectivity index (χ1) is 10.3. The van der Waals surface area contributed by atoms with Crippen LogP contribution >= 0.6 is 11.3 Å². The van der Waals surface area contributed by atoms with Crippen LogP contribution in [0, 0.1) is 6.92 Å². The van der Waals surface area contributed by atoms with Gasteiger partial charge in [0.25, 0.3) is 0 Å². The van der Waals surface area contributed by atoms with E-state index in [0.717, 1.165) is 0 Å². The first-order valence-electron chi connectivity index (χ1n) is 8.14. The fourth-order valence-corrected chi connectivity index (χ4v) is 5.48. The summed E-state index contributed by atoms with van der Waals surface area (Å²) < 4.78 is 0. The molecule has 1 saturated carbocycles. The molecule has 0 saturated heterocycles. The van der Waals surface area contributed by atoms with Crippen LogP contribution in [0.5, 0.6) is 0 Å². The average Bonchev–Trinajstić information content (AvgIpc) is 3.14. The highest BCUT2D eigenvalue weighted by Crippen LogP contribution is 2.54. The van der Waals surface area contributed by atoms with Crippen molar-refractivity contribution in [2.45, 2.75) is 50.4 Å². The summed E-state index contributed by atoms with van der Waals surface area (Å²) in [7, 11) is 0. The van der Waals surface area contributed by atoms with Crippen molar-refractivity contribution >= 4 is 17.4 Å². The molecule has 1 fully saturated rings.